The van der Waals surface area contributed by atoms with E-state index in [4.69, 9.17) is 4.74 Å². The van der Waals surface area contributed by atoms with Crippen LogP contribution in [0.5, 0.6) is 0 Å². The van der Waals surface area contributed by atoms with E-state index in [9.17, 15) is 4.79 Å². The first kappa shape index (κ1) is 20.7. The van der Waals surface area contributed by atoms with Crippen LogP contribution >= 0.6 is 11.3 Å². The van der Waals surface area contributed by atoms with E-state index in [0.29, 0.717) is 16.4 Å². The molecule has 1 saturated heterocycles. The number of pyridine rings is 1. The number of thiazole rings is 1. The number of nitrogens with zero attached hydrogens (tertiary/aromatic N) is 3. The summed E-state index contributed by atoms with van der Waals surface area (Å²) >= 11 is 1.45. The van der Waals surface area contributed by atoms with Gasteiger partial charge in [0.15, 0.2) is 5.13 Å². The number of amides is 1. The Morgan fingerprint density at radius 3 is 2.57 bits per heavy atom. The molecule has 1 aliphatic rings. The second-order valence-electron chi connectivity index (χ2n) is 7.75. The van der Waals surface area contributed by atoms with Gasteiger partial charge in [-0.15, -0.1) is 11.3 Å². The first-order chi connectivity index (χ1) is 14.5. The number of aromatic nitrogens is 2. The number of carbonyl (C=O) groups is 1. The summed E-state index contributed by atoms with van der Waals surface area (Å²) in [5.41, 5.74) is 4.11. The molecule has 6 nitrogen and oxygen atoms in total. The van der Waals surface area contributed by atoms with Crippen molar-refractivity contribution in [3.63, 3.8) is 0 Å². The lowest BCUT2D eigenvalue weighted by atomic mass is 10.1. The summed E-state index contributed by atoms with van der Waals surface area (Å²) in [5.74, 6) is -0.186. The summed E-state index contributed by atoms with van der Waals surface area (Å²) in [6, 6.07) is 13.6. The molecule has 2 aromatic heterocycles. The zero-order chi connectivity index (χ0) is 21.1. The molecule has 1 aliphatic heterocycles. The van der Waals surface area contributed by atoms with Crippen molar-refractivity contribution in [2.75, 3.05) is 18.4 Å². The van der Waals surface area contributed by atoms with Crippen LogP contribution in [0.3, 0.4) is 0 Å². The highest BCUT2D eigenvalue weighted by Gasteiger charge is 2.23. The van der Waals surface area contributed by atoms with Gasteiger partial charge in [-0.2, -0.15) is 0 Å². The summed E-state index contributed by atoms with van der Waals surface area (Å²) in [6.45, 7) is 8.58. The molecule has 2 atom stereocenters. The van der Waals surface area contributed by atoms with Gasteiger partial charge in [-0.3, -0.25) is 20.0 Å². The van der Waals surface area contributed by atoms with E-state index >= 15 is 0 Å². The molecular formula is C23H26N4O2S. The van der Waals surface area contributed by atoms with Crippen LogP contribution < -0.4 is 5.32 Å². The van der Waals surface area contributed by atoms with E-state index in [-0.39, 0.29) is 18.1 Å². The fourth-order valence-corrected chi connectivity index (χ4v) is 4.51. The second-order valence-corrected chi connectivity index (χ2v) is 8.60. The molecule has 0 bridgehead atoms. The van der Waals surface area contributed by atoms with Crippen LogP contribution in [-0.2, 0) is 11.3 Å². The minimum atomic E-state index is -0.186. The van der Waals surface area contributed by atoms with Crippen molar-refractivity contribution in [2.45, 2.75) is 39.5 Å². The van der Waals surface area contributed by atoms with Gasteiger partial charge in [0.1, 0.15) is 0 Å². The van der Waals surface area contributed by atoms with Crippen LogP contribution in [0.15, 0.2) is 47.8 Å². The van der Waals surface area contributed by atoms with Gasteiger partial charge >= 0.3 is 0 Å². The van der Waals surface area contributed by atoms with Crippen molar-refractivity contribution in [3.8, 4) is 11.3 Å². The van der Waals surface area contributed by atoms with Gasteiger partial charge in [0.05, 0.1) is 34.9 Å². The van der Waals surface area contributed by atoms with E-state index in [2.05, 4.69) is 34.0 Å². The number of aryl methyl sites for hydroxylation is 1. The molecule has 1 aromatic carbocycles. The minimum Gasteiger partial charge on any atom is -0.373 e. The highest BCUT2D eigenvalue weighted by atomic mass is 32.1. The molecule has 3 aromatic rings. The van der Waals surface area contributed by atoms with Crippen LogP contribution in [0, 0.1) is 6.92 Å². The standard InChI is InChI=1S/C23H26N4O2S/c1-15-11-27(12-16(2)29-15)13-19-14-30-23(25-19)26-22(28)20-9-10-21(24-17(20)3)18-7-5-4-6-8-18/h4-10,14-16H,11-13H2,1-3H3,(H,25,26,28). The molecular weight excluding hydrogens is 396 g/mol. The number of rotatable bonds is 5. The summed E-state index contributed by atoms with van der Waals surface area (Å²) < 4.78 is 5.79. The van der Waals surface area contributed by atoms with Crippen molar-refractivity contribution in [1.82, 2.24) is 14.9 Å². The normalized spacial score (nSPS) is 19.6. The maximum absolute atomic E-state index is 12.8. The van der Waals surface area contributed by atoms with Gasteiger partial charge in [0.2, 0.25) is 0 Å². The summed E-state index contributed by atoms with van der Waals surface area (Å²) in [5, 5.41) is 5.53. The molecule has 4 rings (SSSR count). The molecule has 1 amide bonds. The number of morpholine rings is 1. The van der Waals surface area contributed by atoms with E-state index in [1.807, 2.05) is 54.8 Å². The molecule has 0 saturated carbocycles. The Balaban J connectivity index is 1.41. The average molecular weight is 423 g/mol. The lowest BCUT2D eigenvalue weighted by Crippen LogP contribution is -2.44. The quantitative estimate of drug-likeness (QED) is 0.661. The van der Waals surface area contributed by atoms with Gasteiger partial charge in [-0.1, -0.05) is 30.3 Å². The molecule has 1 N–H and O–H groups in total. The number of benzene rings is 1. The Kier molecular flexibility index (Phi) is 6.22. The van der Waals surface area contributed by atoms with Gasteiger partial charge < -0.3 is 4.74 Å². The third kappa shape index (κ3) is 4.92. The van der Waals surface area contributed by atoms with Gasteiger partial charge in [0, 0.05) is 30.6 Å². The molecule has 7 heteroatoms. The van der Waals surface area contributed by atoms with Crippen LogP contribution in [0.4, 0.5) is 5.13 Å². The van der Waals surface area contributed by atoms with Crippen molar-refractivity contribution >= 4 is 22.4 Å². The van der Waals surface area contributed by atoms with Gasteiger partial charge in [-0.25, -0.2) is 4.98 Å². The smallest absolute Gasteiger partial charge is 0.259 e. The van der Waals surface area contributed by atoms with Gasteiger partial charge in [-0.05, 0) is 32.9 Å². The highest BCUT2D eigenvalue weighted by Crippen LogP contribution is 2.22. The summed E-state index contributed by atoms with van der Waals surface area (Å²) in [6.07, 6.45) is 0.446. The molecule has 0 radical (unpaired) electrons. The van der Waals surface area contributed by atoms with E-state index < -0.39 is 0 Å². The van der Waals surface area contributed by atoms with E-state index in [0.717, 1.165) is 36.6 Å². The van der Waals surface area contributed by atoms with Crippen LogP contribution in [0.1, 0.15) is 35.6 Å². The van der Waals surface area contributed by atoms with Crippen molar-refractivity contribution in [3.05, 3.63) is 64.8 Å². The minimum absolute atomic E-state index is 0.186. The lowest BCUT2D eigenvalue weighted by molar-refractivity contribution is -0.0707. The maximum atomic E-state index is 12.8. The molecule has 156 valence electrons. The zero-order valence-corrected chi connectivity index (χ0v) is 18.3. The second kappa shape index (κ2) is 9.04. The Bertz CT molecular complexity index is 1010. The average Bonchev–Trinajstić information content (AvgIpc) is 3.14. The highest BCUT2D eigenvalue weighted by molar-refractivity contribution is 7.14. The molecule has 2 unspecified atom stereocenters. The monoisotopic (exact) mass is 422 g/mol. The Labute approximate surface area is 180 Å². The molecule has 0 aliphatic carbocycles. The predicted octanol–water partition coefficient (Wildman–Crippen LogP) is 4.38. The molecule has 3 heterocycles. The largest absolute Gasteiger partial charge is 0.373 e. The third-order valence-electron chi connectivity index (χ3n) is 5.05. The van der Waals surface area contributed by atoms with E-state index in [1.165, 1.54) is 11.3 Å². The Hall–Kier alpha value is -2.61. The number of ether oxygens (including phenoxy) is 1. The van der Waals surface area contributed by atoms with Gasteiger partial charge in [0.25, 0.3) is 5.91 Å². The van der Waals surface area contributed by atoms with Crippen LogP contribution in [0.25, 0.3) is 11.3 Å². The van der Waals surface area contributed by atoms with Crippen LogP contribution in [-0.4, -0.2) is 46.1 Å². The lowest BCUT2D eigenvalue weighted by Gasteiger charge is -2.34. The number of hydrogen-bond donors (Lipinski definition) is 1. The first-order valence-electron chi connectivity index (χ1n) is 10.1. The number of nitrogens with one attached hydrogen (secondary N) is 1. The summed E-state index contributed by atoms with van der Waals surface area (Å²) in [7, 11) is 0. The maximum Gasteiger partial charge on any atom is 0.259 e. The predicted molar refractivity (Wildman–Crippen MR) is 120 cm³/mol. The third-order valence-corrected chi connectivity index (χ3v) is 5.86. The SMILES string of the molecule is Cc1nc(-c2ccccc2)ccc1C(=O)Nc1nc(CN2CC(C)OC(C)C2)cs1. The molecule has 0 spiro atoms. The number of anilines is 1. The summed E-state index contributed by atoms with van der Waals surface area (Å²) in [4.78, 5) is 24.3. The fourth-order valence-electron chi connectivity index (χ4n) is 3.81. The van der Waals surface area contributed by atoms with Crippen LogP contribution in [0.2, 0.25) is 0 Å². The zero-order valence-electron chi connectivity index (χ0n) is 17.5. The van der Waals surface area contributed by atoms with Crippen molar-refractivity contribution in [1.29, 1.82) is 0 Å². The first-order valence-corrected chi connectivity index (χ1v) is 11.0. The molecule has 1 fully saturated rings. The number of hydrogen-bond acceptors (Lipinski definition) is 6. The molecule has 30 heavy (non-hydrogen) atoms. The van der Waals surface area contributed by atoms with E-state index in [1.54, 1.807) is 0 Å². The fraction of sp³-hybridized carbons (Fsp3) is 0.348. The number of carbonyl (C=O) groups excluding carboxylic acids is 1. The Morgan fingerprint density at radius 1 is 1.13 bits per heavy atom. The Morgan fingerprint density at radius 2 is 1.87 bits per heavy atom. The topological polar surface area (TPSA) is 67.4 Å². The van der Waals surface area contributed by atoms with Crippen molar-refractivity contribution < 1.29 is 9.53 Å². The van der Waals surface area contributed by atoms with Crippen molar-refractivity contribution in [2.24, 2.45) is 0 Å².